The maximum Gasteiger partial charge on any atom is 0.240 e. The molecular formula is C18H31NO2S. The molecule has 0 atom stereocenters. The summed E-state index contributed by atoms with van der Waals surface area (Å²) < 4.78 is 27.1. The Morgan fingerprint density at radius 3 is 2.05 bits per heavy atom. The van der Waals surface area contributed by atoms with Crippen molar-refractivity contribution >= 4 is 10.0 Å². The van der Waals surface area contributed by atoms with Gasteiger partial charge in [-0.15, -0.1) is 0 Å². The van der Waals surface area contributed by atoms with E-state index in [9.17, 15) is 8.42 Å². The average molecular weight is 326 g/mol. The van der Waals surface area contributed by atoms with Crippen LogP contribution in [0.4, 0.5) is 0 Å². The van der Waals surface area contributed by atoms with Crippen LogP contribution >= 0.6 is 0 Å². The van der Waals surface area contributed by atoms with Crippen LogP contribution < -0.4 is 4.72 Å². The van der Waals surface area contributed by atoms with Crippen molar-refractivity contribution in [2.45, 2.75) is 77.0 Å². The number of sulfonamides is 1. The van der Waals surface area contributed by atoms with E-state index in [-0.39, 0.29) is 0 Å². The van der Waals surface area contributed by atoms with Crippen LogP contribution in [0.15, 0.2) is 23.1 Å². The molecule has 0 saturated carbocycles. The maximum atomic E-state index is 12.2. The Labute approximate surface area is 136 Å². The Morgan fingerprint density at radius 2 is 1.45 bits per heavy atom. The van der Waals surface area contributed by atoms with E-state index in [1.807, 2.05) is 19.9 Å². The molecule has 0 radical (unpaired) electrons. The van der Waals surface area contributed by atoms with Crippen LogP contribution in [0.25, 0.3) is 0 Å². The zero-order valence-electron chi connectivity index (χ0n) is 14.3. The van der Waals surface area contributed by atoms with Crippen molar-refractivity contribution in [1.82, 2.24) is 4.72 Å². The van der Waals surface area contributed by atoms with Gasteiger partial charge in [0.15, 0.2) is 0 Å². The highest BCUT2D eigenvalue weighted by molar-refractivity contribution is 7.89. The molecule has 4 heteroatoms. The number of hydrogen-bond acceptors (Lipinski definition) is 2. The molecule has 0 amide bonds. The van der Waals surface area contributed by atoms with Crippen LogP contribution in [-0.2, 0) is 10.0 Å². The van der Waals surface area contributed by atoms with Gasteiger partial charge < -0.3 is 0 Å². The standard InChI is InChI=1S/C18H31NO2S/c1-4-5-6-7-8-9-10-11-14-19-22(20,21)18-13-12-16(2)17(3)15-18/h12-13,15,19H,4-11,14H2,1-3H3. The lowest BCUT2D eigenvalue weighted by Gasteiger charge is -2.08. The number of hydrogen-bond donors (Lipinski definition) is 1. The van der Waals surface area contributed by atoms with Gasteiger partial charge >= 0.3 is 0 Å². The highest BCUT2D eigenvalue weighted by atomic mass is 32.2. The van der Waals surface area contributed by atoms with Crippen LogP contribution in [0.2, 0.25) is 0 Å². The second-order valence-electron chi connectivity index (χ2n) is 6.12. The Bertz CT molecular complexity index is 538. The quantitative estimate of drug-likeness (QED) is 0.598. The van der Waals surface area contributed by atoms with E-state index in [1.54, 1.807) is 12.1 Å². The minimum absolute atomic E-state index is 0.371. The lowest BCUT2D eigenvalue weighted by Crippen LogP contribution is -2.24. The van der Waals surface area contributed by atoms with E-state index in [0.717, 1.165) is 24.0 Å². The van der Waals surface area contributed by atoms with E-state index in [0.29, 0.717) is 11.4 Å². The van der Waals surface area contributed by atoms with Gasteiger partial charge in [0, 0.05) is 6.54 Å². The minimum atomic E-state index is -3.35. The Morgan fingerprint density at radius 1 is 0.864 bits per heavy atom. The van der Waals surface area contributed by atoms with E-state index in [2.05, 4.69) is 11.6 Å². The fourth-order valence-electron chi connectivity index (χ4n) is 2.43. The van der Waals surface area contributed by atoms with Gasteiger partial charge in [-0.2, -0.15) is 0 Å². The summed E-state index contributed by atoms with van der Waals surface area (Å²) in [7, 11) is -3.35. The average Bonchev–Trinajstić information content (AvgIpc) is 2.48. The topological polar surface area (TPSA) is 46.2 Å². The molecular weight excluding hydrogens is 294 g/mol. The lowest BCUT2D eigenvalue weighted by atomic mass is 10.1. The monoisotopic (exact) mass is 325 g/mol. The molecule has 0 aliphatic carbocycles. The fourth-order valence-corrected chi connectivity index (χ4v) is 3.59. The van der Waals surface area contributed by atoms with Gasteiger partial charge in [-0.05, 0) is 43.5 Å². The molecule has 0 aromatic heterocycles. The van der Waals surface area contributed by atoms with E-state index >= 15 is 0 Å². The zero-order chi connectivity index (χ0) is 16.4. The molecule has 0 heterocycles. The van der Waals surface area contributed by atoms with Crippen LogP contribution in [0.1, 0.15) is 69.4 Å². The second kappa shape index (κ2) is 10.0. The Hall–Kier alpha value is -0.870. The molecule has 0 fully saturated rings. The third kappa shape index (κ3) is 6.93. The summed E-state index contributed by atoms with van der Waals surface area (Å²) in [4.78, 5) is 0.371. The highest BCUT2D eigenvalue weighted by Gasteiger charge is 2.13. The molecule has 1 rings (SSSR count). The minimum Gasteiger partial charge on any atom is -0.211 e. The normalized spacial score (nSPS) is 11.8. The molecule has 0 aliphatic rings. The van der Waals surface area contributed by atoms with Crippen molar-refractivity contribution in [2.75, 3.05) is 6.54 Å². The first-order valence-corrected chi connectivity index (χ1v) is 10.0. The molecule has 0 saturated heterocycles. The first-order valence-electron chi connectivity index (χ1n) is 8.54. The van der Waals surface area contributed by atoms with Crippen molar-refractivity contribution in [3.05, 3.63) is 29.3 Å². The molecule has 0 spiro atoms. The summed E-state index contributed by atoms with van der Waals surface area (Å²) in [6.07, 6.45) is 9.73. The molecule has 1 aromatic carbocycles. The predicted molar refractivity (Wildman–Crippen MR) is 93.7 cm³/mol. The number of unbranched alkanes of at least 4 members (excludes halogenated alkanes) is 7. The Balaban J connectivity index is 2.24. The summed E-state index contributed by atoms with van der Waals surface area (Å²) in [5.41, 5.74) is 2.12. The fraction of sp³-hybridized carbons (Fsp3) is 0.667. The van der Waals surface area contributed by atoms with Crippen LogP contribution in [0.5, 0.6) is 0 Å². The van der Waals surface area contributed by atoms with E-state index in [1.165, 1.54) is 38.5 Å². The predicted octanol–water partition coefficient (Wildman–Crippen LogP) is 4.72. The second-order valence-corrected chi connectivity index (χ2v) is 7.89. The molecule has 3 nitrogen and oxygen atoms in total. The molecule has 1 N–H and O–H groups in total. The number of benzene rings is 1. The first-order chi connectivity index (χ1) is 10.5. The Kier molecular flexibility index (Phi) is 8.72. The van der Waals surface area contributed by atoms with Crippen LogP contribution in [0, 0.1) is 13.8 Å². The first kappa shape index (κ1) is 19.2. The summed E-state index contributed by atoms with van der Waals surface area (Å²) in [6, 6.07) is 5.28. The molecule has 126 valence electrons. The van der Waals surface area contributed by atoms with Crippen molar-refractivity contribution in [2.24, 2.45) is 0 Å². The molecule has 22 heavy (non-hydrogen) atoms. The third-order valence-electron chi connectivity index (χ3n) is 4.11. The smallest absolute Gasteiger partial charge is 0.211 e. The SMILES string of the molecule is CCCCCCCCCCNS(=O)(=O)c1ccc(C)c(C)c1. The number of aryl methyl sites for hydroxylation is 2. The maximum absolute atomic E-state index is 12.2. The molecule has 0 unspecified atom stereocenters. The largest absolute Gasteiger partial charge is 0.240 e. The van der Waals surface area contributed by atoms with Crippen molar-refractivity contribution in [3.8, 4) is 0 Å². The van der Waals surface area contributed by atoms with Crippen molar-refractivity contribution in [1.29, 1.82) is 0 Å². The number of rotatable bonds is 11. The molecule has 0 aliphatic heterocycles. The number of nitrogens with one attached hydrogen (secondary N) is 1. The van der Waals surface area contributed by atoms with Gasteiger partial charge in [0.1, 0.15) is 0 Å². The van der Waals surface area contributed by atoms with Gasteiger partial charge in [0.05, 0.1) is 4.90 Å². The molecule has 1 aromatic rings. The zero-order valence-corrected chi connectivity index (χ0v) is 15.1. The summed E-state index contributed by atoms with van der Waals surface area (Å²) in [6.45, 7) is 6.68. The summed E-state index contributed by atoms with van der Waals surface area (Å²) >= 11 is 0. The summed E-state index contributed by atoms with van der Waals surface area (Å²) in [5.74, 6) is 0. The van der Waals surface area contributed by atoms with Crippen molar-refractivity contribution < 1.29 is 8.42 Å². The molecule has 0 bridgehead atoms. The van der Waals surface area contributed by atoms with Gasteiger partial charge in [-0.25, -0.2) is 13.1 Å². The van der Waals surface area contributed by atoms with Gasteiger partial charge in [0.2, 0.25) is 10.0 Å². The van der Waals surface area contributed by atoms with Crippen molar-refractivity contribution in [3.63, 3.8) is 0 Å². The third-order valence-corrected chi connectivity index (χ3v) is 5.57. The van der Waals surface area contributed by atoms with Crippen LogP contribution in [-0.4, -0.2) is 15.0 Å². The van der Waals surface area contributed by atoms with E-state index < -0.39 is 10.0 Å². The summed E-state index contributed by atoms with van der Waals surface area (Å²) in [5, 5.41) is 0. The van der Waals surface area contributed by atoms with Gasteiger partial charge in [0.25, 0.3) is 0 Å². The van der Waals surface area contributed by atoms with E-state index in [4.69, 9.17) is 0 Å². The lowest BCUT2D eigenvalue weighted by molar-refractivity contribution is 0.559. The highest BCUT2D eigenvalue weighted by Crippen LogP contribution is 2.14. The van der Waals surface area contributed by atoms with Gasteiger partial charge in [-0.3, -0.25) is 0 Å². The van der Waals surface area contributed by atoms with Crippen LogP contribution in [0.3, 0.4) is 0 Å². The van der Waals surface area contributed by atoms with Gasteiger partial charge in [-0.1, -0.05) is 57.9 Å².